The predicted molar refractivity (Wildman–Crippen MR) is 150 cm³/mol. The molecule has 0 spiro atoms. The standard InChI is InChI=1S/C28H30ClN5OS/c1-17-11-22(34-14-18(2)33(4)19(3)15-34)6-7-23(17)28(35)31-21-5-8-25(29)24(12-21)27-30-13-26(32-27)20-9-10-36-16-20/h5-13,16,18-19H,14-15H2,1-4H3,(H,30,32)(H,31,35)/t18-,19+. The Morgan fingerprint density at radius 3 is 2.61 bits per heavy atom. The van der Waals surface area contributed by atoms with Crippen LogP contribution < -0.4 is 10.2 Å². The molecule has 1 saturated heterocycles. The van der Waals surface area contributed by atoms with Gasteiger partial charge in [-0.1, -0.05) is 11.6 Å². The minimum atomic E-state index is -0.147. The summed E-state index contributed by atoms with van der Waals surface area (Å²) in [5.41, 5.74) is 6.17. The number of nitrogens with one attached hydrogen (secondary N) is 2. The first-order valence-corrected chi connectivity index (χ1v) is 13.4. The van der Waals surface area contributed by atoms with Crippen molar-refractivity contribution < 1.29 is 4.79 Å². The van der Waals surface area contributed by atoms with Crippen molar-refractivity contribution in [1.82, 2.24) is 14.9 Å². The highest BCUT2D eigenvalue weighted by Gasteiger charge is 2.27. The third-order valence-electron chi connectivity index (χ3n) is 7.07. The highest BCUT2D eigenvalue weighted by atomic mass is 35.5. The molecule has 5 rings (SSSR count). The van der Waals surface area contributed by atoms with Gasteiger partial charge in [-0.3, -0.25) is 9.69 Å². The fourth-order valence-electron chi connectivity index (χ4n) is 4.72. The molecule has 0 unspecified atom stereocenters. The molecule has 1 amide bonds. The van der Waals surface area contributed by atoms with Crippen LogP contribution in [-0.2, 0) is 0 Å². The van der Waals surface area contributed by atoms with Gasteiger partial charge in [-0.2, -0.15) is 11.3 Å². The SMILES string of the molecule is Cc1cc(N2C[C@@H](C)N(C)[C@@H](C)C2)ccc1C(=O)Nc1ccc(Cl)c(-c2ncc(-c3ccsc3)[nH]2)c1. The van der Waals surface area contributed by atoms with E-state index in [2.05, 4.69) is 63.5 Å². The summed E-state index contributed by atoms with van der Waals surface area (Å²) in [5, 5.41) is 7.69. The van der Waals surface area contributed by atoms with Crippen LogP contribution in [0.4, 0.5) is 11.4 Å². The number of piperazine rings is 1. The summed E-state index contributed by atoms with van der Waals surface area (Å²) >= 11 is 8.12. The molecule has 2 N–H and O–H groups in total. The Morgan fingerprint density at radius 2 is 1.92 bits per heavy atom. The molecule has 0 radical (unpaired) electrons. The van der Waals surface area contributed by atoms with E-state index in [1.54, 1.807) is 23.6 Å². The number of aromatic nitrogens is 2. The number of rotatable bonds is 5. The summed E-state index contributed by atoms with van der Waals surface area (Å²) in [6, 6.07) is 14.5. The first kappa shape index (κ1) is 24.6. The molecule has 186 valence electrons. The number of thiophene rings is 1. The maximum atomic E-state index is 13.2. The molecule has 36 heavy (non-hydrogen) atoms. The first-order chi connectivity index (χ1) is 17.3. The Kier molecular flexibility index (Phi) is 6.88. The largest absolute Gasteiger partial charge is 0.368 e. The molecular weight excluding hydrogens is 490 g/mol. The lowest BCUT2D eigenvalue weighted by Gasteiger charge is -2.43. The van der Waals surface area contributed by atoms with Gasteiger partial charge >= 0.3 is 0 Å². The predicted octanol–water partition coefficient (Wildman–Crippen LogP) is 6.55. The van der Waals surface area contributed by atoms with Crippen LogP contribution in [0.5, 0.6) is 0 Å². The van der Waals surface area contributed by atoms with Gasteiger partial charge in [0.2, 0.25) is 0 Å². The Hall–Kier alpha value is -3.13. The lowest BCUT2D eigenvalue weighted by atomic mass is 10.0. The van der Waals surface area contributed by atoms with Crippen LogP contribution in [0, 0.1) is 6.92 Å². The Morgan fingerprint density at radius 1 is 1.14 bits per heavy atom. The van der Waals surface area contributed by atoms with E-state index in [1.807, 2.05) is 36.6 Å². The number of anilines is 2. The molecule has 2 atom stereocenters. The molecular formula is C28H30ClN5OS. The summed E-state index contributed by atoms with van der Waals surface area (Å²) in [6.07, 6.45) is 1.80. The molecule has 0 saturated carbocycles. The Balaban J connectivity index is 1.33. The molecule has 1 aliphatic rings. The van der Waals surface area contributed by atoms with Crippen LogP contribution in [0.25, 0.3) is 22.6 Å². The van der Waals surface area contributed by atoms with Crippen molar-refractivity contribution in [2.45, 2.75) is 32.9 Å². The second kappa shape index (κ2) is 10.1. The molecule has 4 aromatic rings. The van der Waals surface area contributed by atoms with Crippen LogP contribution in [0.3, 0.4) is 0 Å². The summed E-state index contributed by atoms with van der Waals surface area (Å²) in [4.78, 5) is 25.8. The maximum Gasteiger partial charge on any atom is 0.255 e. The number of benzene rings is 2. The molecule has 3 heterocycles. The fourth-order valence-corrected chi connectivity index (χ4v) is 5.58. The first-order valence-electron chi connectivity index (χ1n) is 12.1. The average Bonchev–Trinajstić information content (AvgIpc) is 3.55. The van der Waals surface area contributed by atoms with Gasteiger partial charge in [0.25, 0.3) is 5.91 Å². The number of halogens is 1. The van der Waals surface area contributed by atoms with Gasteiger partial charge in [0.15, 0.2) is 0 Å². The van der Waals surface area contributed by atoms with Crippen molar-refractivity contribution in [2.24, 2.45) is 0 Å². The molecule has 0 aliphatic carbocycles. The van der Waals surface area contributed by atoms with Crippen LogP contribution in [-0.4, -0.2) is 53.0 Å². The number of hydrogen-bond acceptors (Lipinski definition) is 5. The van der Waals surface area contributed by atoms with Crippen molar-refractivity contribution in [3.8, 4) is 22.6 Å². The number of carbonyl (C=O) groups is 1. The topological polar surface area (TPSA) is 64.3 Å². The van der Waals surface area contributed by atoms with Gasteiger partial charge in [-0.25, -0.2) is 4.98 Å². The number of likely N-dealkylation sites (N-methyl/N-ethyl adjacent to an activating group) is 1. The van der Waals surface area contributed by atoms with E-state index in [-0.39, 0.29) is 5.91 Å². The van der Waals surface area contributed by atoms with Gasteiger partial charge in [0.05, 0.1) is 16.9 Å². The zero-order valence-electron chi connectivity index (χ0n) is 20.9. The Labute approximate surface area is 220 Å². The van der Waals surface area contributed by atoms with Crippen molar-refractivity contribution in [2.75, 3.05) is 30.4 Å². The lowest BCUT2D eigenvalue weighted by molar-refractivity contribution is 0.102. The average molecular weight is 520 g/mol. The van der Waals surface area contributed by atoms with E-state index < -0.39 is 0 Å². The normalized spacial score (nSPS) is 18.4. The van der Waals surface area contributed by atoms with E-state index in [4.69, 9.17) is 11.6 Å². The van der Waals surface area contributed by atoms with Gasteiger partial charge in [0.1, 0.15) is 5.82 Å². The van der Waals surface area contributed by atoms with E-state index in [0.717, 1.165) is 41.2 Å². The maximum absolute atomic E-state index is 13.2. The molecule has 2 aromatic carbocycles. The molecule has 6 nitrogen and oxygen atoms in total. The number of amides is 1. The molecule has 2 aromatic heterocycles. The number of nitrogens with zero attached hydrogens (tertiary/aromatic N) is 3. The second-order valence-electron chi connectivity index (χ2n) is 9.57. The van der Waals surface area contributed by atoms with Crippen molar-refractivity contribution in [3.63, 3.8) is 0 Å². The zero-order chi connectivity index (χ0) is 25.4. The summed E-state index contributed by atoms with van der Waals surface area (Å²) < 4.78 is 0. The van der Waals surface area contributed by atoms with Gasteiger partial charge < -0.3 is 15.2 Å². The van der Waals surface area contributed by atoms with Gasteiger partial charge in [0, 0.05) is 58.6 Å². The third-order valence-corrected chi connectivity index (χ3v) is 8.08. The summed E-state index contributed by atoms with van der Waals surface area (Å²) in [5.74, 6) is 0.513. The molecule has 8 heteroatoms. The summed E-state index contributed by atoms with van der Waals surface area (Å²) in [7, 11) is 2.18. The van der Waals surface area contributed by atoms with Crippen LogP contribution >= 0.6 is 22.9 Å². The quantitative estimate of drug-likeness (QED) is 0.314. The number of H-pyrrole nitrogens is 1. The van der Waals surface area contributed by atoms with Gasteiger partial charge in [-0.05, 0) is 81.2 Å². The monoisotopic (exact) mass is 519 g/mol. The van der Waals surface area contributed by atoms with Crippen LogP contribution in [0.2, 0.25) is 5.02 Å². The second-order valence-corrected chi connectivity index (χ2v) is 10.8. The molecule has 1 fully saturated rings. The minimum absolute atomic E-state index is 0.147. The van der Waals surface area contributed by atoms with Crippen LogP contribution in [0.15, 0.2) is 59.4 Å². The minimum Gasteiger partial charge on any atom is -0.368 e. The van der Waals surface area contributed by atoms with E-state index in [0.29, 0.717) is 34.2 Å². The van der Waals surface area contributed by atoms with E-state index in [9.17, 15) is 4.79 Å². The smallest absolute Gasteiger partial charge is 0.255 e. The number of carbonyl (C=O) groups excluding carboxylic acids is 1. The zero-order valence-corrected chi connectivity index (χ0v) is 22.5. The number of aromatic amines is 1. The number of hydrogen-bond donors (Lipinski definition) is 2. The van der Waals surface area contributed by atoms with Crippen molar-refractivity contribution >= 4 is 40.2 Å². The van der Waals surface area contributed by atoms with E-state index in [1.165, 1.54) is 0 Å². The van der Waals surface area contributed by atoms with E-state index >= 15 is 0 Å². The number of aryl methyl sites for hydroxylation is 1. The molecule has 1 aliphatic heterocycles. The number of imidazole rings is 1. The Bertz CT molecular complexity index is 1370. The highest BCUT2D eigenvalue weighted by molar-refractivity contribution is 7.08. The summed E-state index contributed by atoms with van der Waals surface area (Å²) in [6.45, 7) is 8.44. The third kappa shape index (κ3) is 4.91. The molecule has 0 bridgehead atoms. The lowest BCUT2D eigenvalue weighted by Crippen LogP contribution is -2.55. The van der Waals surface area contributed by atoms with Crippen molar-refractivity contribution in [3.05, 3.63) is 75.6 Å². The van der Waals surface area contributed by atoms with Crippen molar-refractivity contribution in [1.29, 1.82) is 0 Å². The van der Waals surface area contributed by atoms with Crippen LogP contribution in [0.1, 0.15) is 29.8 Å². The van der Waals surface area contributed by atoms with Gasteiger partial charge in [-0.15, -0.1) is 0 Å². The highest BCUT2D eigenvalue weighted by Crippen LogP contribution is 2.31. The fraction of sp³-hybridized carbons (Fsp3) is 0.286.